The number of carbonyl (C=O) groups is 4. The molecule has 0 spiro atoms. The Kier molecular flexibility index (Phi) is 21.1. The molecule has 84 heavy (non-hydrogen) atoms. The first-order chi connectivity index (χ1) is 39.5. The van der Waals surface area contributed by atoms with Crippen molar-refractivity contribution >= 4 is 34.3 Å². The number of fused-ring (bicyclic) bond motifs is 2. The normalized spacial score (nSPS) is 39.5. The van der Waals surface area contributed by atoms with Gasteiger partial charge in [-0.15, -0.1) is 0 Å². The number of methoxy groups -OCH3 is 2. The number of rotatable bonds is 19. The van der Waals surface area contributed by atoms with E-state index < -0.39 is 194 Å². The van der Waals surface area contributed by atoms with Crippen molar-refractivity contribution in [2.45, 2.75) is 255 Å². The standard InChI is InChI=1S/C58H84O26/c1-22(2)73-57(69)46-24(4)74-43(21-58(46,10)70)82-37-18-41(75-25(5)49(37)65)81-36-19-42(76-26(6)48(36)64)84-56-33(55(72-12)52(68)47(63)23(3)59)15-31-13-30-14-32(16-34(61)44(30)50(66)45(31)51(56)67)80-40-20-38(54(28(8)78-40)79-29(9)60)83-39-17-35(62)53(71-11)27(7)77-39/h13-14,16,22-28,33,35-43,46-49,53-56,59,61-66,70H,15,17-21H2,1-12H3/t23-,24+,25+,26-,27+,28-,33+,35+,36-,37+,38-,39+,40+,41?,42+,43+,46-,47+,48-,49+,53-,54+,55+,56+,58+/m1/s1. The molecule has 1 unspecified atom stereocenters. The minimum atomic E-state index is -1.96. The number of Topliss-reactive ketones (excluding diaryl/α,β-unsaturated/α-hetero) is 2. The third-order valence-electron chi connectivity index (χ3n) is 16.6. The Balaban J connectivity index is 1.02. The summed E-state index contributed by atoms with van der Waals surface area (Å²) in [5.74, 6) is -6.48. The summed E-state index contributed by atoms with van der Waals surface area (Å²) in [6.45, 7) is 15.4. The second kappa shape index (κ2) is 27.0. The summed E-state index contributed by atoms with van der Waals surface area (Å²) in [5, 5.41) is 89.9. The van der Waals surface area contributed by atoms with Gasteiger partial charge in [0.1, 0.15) is 65.9 Å². The van der Waals surface area contributed by atoms with Gasteiger partial charge in [0, 0.05) is 65.2 Å². The molecule has 472 valence electrons. The van der Waals surface area contributed by atoms with Crippen LogP contribution in [-0.2, 0) is 82.4 Å². The summed E-state index contributed by atoms with van der Waals surface area (Å²) in [4.78, 5) is 54.2. The molecule has 0 amide bonds. The second-order valence-electron chi connectivity index (χ2n) is 23.6. The number of carbonyl (C=O) groups excluding carboxylic acids is 4. The van der Waals surface area contributed by atoms with E-state index in [-0.39, 0.29) is 66.2 Å². The molecule has 5 fully saturated rings. The molecule has 1 aliphatic carbocycles. The molecule has 25 atom stereocenters. The number of phenols is 2. The number of hydrogen-bond donors (Lipinski definition) is 8. The number of aliphatic hydroxyl groups excluding tert-OH is 5. The summed E-state index contributed by atoms with van der Waals surface area (Å²) in [6, 6.07) is 4.20. The van der Waals surface area contributed by atoms with Crippen molar-refractivity contribution in [2.75, 3.05) is 14.2 Å². The van der Waals surface area contributed by atoms with Crippen molar-refractivity contribution in [3.8, 4) is 17.2 Å². The van der Waals surface area contributed by atoms with Gasteiger partial charge >= 0.3 is 11.9 Å². The fraction of sp³-hybridized carbons (Fsp3) is 0.759. The van der Waals surface area contributed by atoms with Gasteiger partial charge in [-0.3, -0.25) is 19.2 Å². The number of aliphatic hydroxyl groups is 6. The summed E-state index contributed by atoms with van der Waals surface area (Å²) in [6.07, 6.45) is -25.5. The minimum Gasteiger partial charge on any atom is -0.507 e. The molecule has 26 heteroatoms. The fourth-order valence-corrected chi connectivity index (χ4v) is 12.6. The van der Waals surface area contributed by atoms with Gasteiger partial charge in [0.05, 0.1) is 77.6 Å². The average Bonchev–Trinajstić information content (AvgIpc) is 3.56. The van der Waals surface area contributed by atoms with Crippen molar-refractivity contribution in [3.05, 3.63) is 29.3 Å². The maximum atomic E-state index is 15.1. The first-order valence-electron chi connectivity index (χ1n) is 28.7. The molecular formula is C58H84O26. The fourth-order valence-electron chi connectivity index (χ4n) is 12.6. The molecule has 5 aliphatic heterocycles. The Bertz CT molecular complexity index is 2620. The van der Waals surface area contributed by atoms with Crippen LogP contribution in [0.2, 0.25) is 0 Å². The topological polar surface area (TPSA) is 359 Å². The van der Waals surface area contributed by atoms with Crippen LogP contribution in [0, 0.1) is 11.8 Å². The number of ether oxygens (including phenoxy) is 14. The summed E-state index contributed by atoms with van der Waals surface area (Å²) in [5.41, 5.74) is -1.70. The highest BCUT2D eigenvalue weighted by Crippen LogP contribution is 2.46. The largest absolute Gasteiger partial charge is 0.507 e. The molecule has 8 N–H and O–H groups in total. The van der Waals surface area contributed by atoms with Gasteiger partial charge < -0.3 is 107 Å². The Morgan fingerprint density at radius 1 is 0.702 bits per heavy atom. The maximum Gasteiger partial charge on any atom is 0.314 e. The van der Waals surface area contributed by atoms with Crippen molar-refractivity contribution in [2.24, 2.45) is 11.8 Å². The quantitative estimate of drug-likeness (QED) is 0.0931. The molecule has 5 heterocycles. The zero-order chi connectivity index (χ0) is 61.5. The Morgan fingerprint density at radius 3 is 1.82 bits per heavy atom. The highest BCUT2D eigenvalue weighted by Gasteiger charge is 2.53. The van der Waals surface area contributed by atoms with Gasteiger partial charge in [0.25, 0.3) is 0 Å². The molecule has 5 saturated heterocycles. The lowest BCUT2D eigenvalue weighted by Crippen LogP contribution is -2.58. The lowest BCUT2D eigenvalue weighted by Gasteiger charge is -2.46. The SMILES string of the molecule is CO[C@@H]1[C@H](C)O[C@@H](O[C@@H]2C[C@H](Oc3cc(O)c4c(O)c5c(cc4c3)C[C@@H]([C@H](OC)C(=O)[C@@H](O)[C@@H](C)O)[C@H](O[C@H]3C[C@@H](OC4C[C@H](O[C@H]6C[C@](C)(O)[C@@H](C(=O)OC(C)C)[C@H](C)O6)[C@@H](O)[C@H](C)O4)[C@H](O)[C@@H](C)O3)C5=O)O[C@H](C)[C@@H]2OC(C)=O)C[C@@H]1O. The molecule has 2 aromatic carbocycles. The highest BCUT2D eigenvalue weighted by molar-refractivity contribution is 6.11. The van der Waals surface area contributed by atoms with Crippen molar-refractivity contribution < 1.29 is 126 Å². The third kappa shape index (κ3) is 14.3. The van der Waals surface area contributed by atoms with E-state index in [1.807, 2.05) is 0 Å². The molecule has 0 saturated carbocycles. The second-order valence-corrected chi connectivity index (χ2v) is 23.6. The van der Waals surface area contributed by atoms with Gasteiger partial charge in [0.15, 0.2) is 42.8 Å². The van der Waals surface area contributed by atoms with Crippen LogP contribution in [0.4, 0.5) is 0 Å². The number of aromatic hydroxyl groups is 2. The molecule has 0 bridgehead atoms. The molecule has 8 rings (SSSR count). The average molecular weight is 1200 g/mol. The van der Waals surface area contributed by atoms with Crippen molar-refractivity contribution in [3.63, 3.8) is 0 Å². The van der Waals surface area contributed by atoms with E-state index in [2.05, 4.69) is 0 Å². The molecule has 6 aliphatic rings. The van der Waals surface area contributed by atoms with Gasteiger partial charge in [-0.1, -0.05) is 0 Å². The number of phenolic OH excluding ortho intramolecular Hbond substituents is 2. The number of hydrogen-bond acceptors (Lipinski definition) is 26. The Hall–Kier alpha value is -4.30. The van der Waals surface area contributed by atoms with E-state index in [1.165, 1.54) is 60.1 Å². The maximum absolute atomic E-state index is 15.1. The van der Waals surface area contributed by atoms with Crippen LogP contribution in [0.1, 0.15) is 117 Å². The van der Waals surface area contributed by atoms with Crippen molar-refractivity contribution in [1.82, 2.24) is 0 Å². The van der Waals surface area contributed by atoms with Gasteiger partial charge in [-0.2, -0.15) is 0 Å². The third-order valence-corrected chi connectivity index (χ3v) is 16.6. The molecule has 0 aromatic heterocycles. The van der Waals surface area contributed by atoms with E-state index >= 15 is 4.79 Å². The van der Waals surface area contributed by atoms with E-state index in [0.29, 0.717) is 0 Å². The van der Waals surface area contributed by atoms with Crippen LogP contribution in [0.25, 0.3) is 10.8 Å². The Morgan fingerprint density at radius 2 is 1.25 bits per heavy atom. The van der Waals surface area contributed by atoms with Crippen LogP contribution in [0.15, 0.2) is 18.2 Å². The van der Waals surface area contributed by atoms with Crippen LogP contribution in [0.5, 0.6) is 17.2 Å². The predicted octanol–water partition coefficient (Wildman–Crippen LogP) is 1.87. The molecular weight excluding hydrogens is 1110 g/mol. The van der Waals surface area contributed by atoms with Crippen molar-refractivity contribution in [1.29, 1.82) is 0 Å². The van der Waals surface area contributed by atoms with E-state index in [4.69, 9.17) is 66.3 Å². The van der Waals surface area contributed by atoms with Crippen LogP contribution in [0.3, 0.4) is 0 Å². The first kappa shape index (κ1) is 65.7. The lowest BCUT2D eigenvalue weighted by atomic mass is 9.75. The predicted molar refractivity (Wildman–Crippen MR) is 287 cm³/mol. The first-order valence-corrected chi connectivity index (χ1v) is 28.7. The summed E-state index contributed by atoms with van der Waals surface area (Å²) >= 11 is 0. The zero-order valence-electron chi connectivity index (χ0n) is 49.3. The van der Waals surface area contributed by atoms with E-state index in [1.54, 1.807) is 41.5 Å². The number of benzene rings is 2. The molecule has 2 aromatic rings. The van der Waals surface area contributed by atoms with Gasteiger partial charge in [-0.05, 0) is 91.8 Å². The molecule has 0 radical (unpaired) electrons. The summed E-state index contributed by atoms with van der Waals surface area (Å²) in [7, 11) is 2.64. The van der Waals surface area contributed by atoms with E-state index in [9.17, 15) is 55.2 Å². The molecule has 26 nitrogen and oxygen atoms in total. The van der Waals surface area contributed by atoms with Gasteiger partial charge in [-0.25, -0.2) is 0 Å². The monoisotopic (exact) mass is 1200 g/mol. The number of ketones is 2. The smallest absolute Gasteiger partial charge is 0.314 e. The summed E-state index contributed by atoms with van der Waals surface area (Å²) < 4.78 is 84.1. The minimum absolute atomic E-state index is 0.0253. The van der Waals surface area contributed by atoms with E-state index in [0.717, 1.165) is 0 Å². The zero-order valence-corrected chi connectivity index (χ0v) is 49.3. The lowest BCUT2D eigenvalue weighted by molar-refractivity contribution is -0.331. The highest BCUT2D eigenvalue weighted by atomic mass is 16.7. The number of esters is 2. The van der Waals surface area contributed by atoms with Crippen LogP contribution in [-0.4, -0.2) is 225 Å². The van der Waals surface area contributed by atoms with Gasteiger partial charge in [0.2, 0.25) is 6.29 Å². The Labute approximate surface area is 486 Å². The van der Waals surface area contributed by atoms with Crippen LogP contribution < -0.4 is 4.74 Å². The van der Waals surface area contributed by atoms with Crippen LogP contribution >= 0.6 is 0 Å².